The SMILES string of the molecule is C=C(NC(C)C=N/C=C(\C=C/C)OCCCC)C1CC1c1cccc(/C=C\C)c1C. The third-order valence-electron chi connectivity index (χ3n) is 5.42. The summed E-state index contributed by atoms with van der Waals surface area (Å²) in [4.78, 5) is 4.45. The topological polar surface area (TPSA) is 33.6 Å². The molecule has 1 aliphatic carbocycles. The molecule has 0 amide bonds. The van der Waals surface area contributed by atoms with Crippen LogP contribution >= 0.6 is 0 Å². The number of hydrogen-bond acceptors (Lipinski definition) is 3. The summed E-state index contributed by atoms with van der Waals surface area (Å²) in [5, 5.41) is 3.51. The predicted molar refractivity (Wildman–Crippen MR) is 131 cm³/mol. The molecular weight excluding hydrogens is 368 g/mol. The number of nitrogens with zero attached hydrogens (tertiary/aromatic N) is 1. The number of aliphatic imine (C=N–C) groups is 1. The van der Waals surface area contributed by atoms with Gasteiger partial charge in [-0.3, -0.25) is 4.99 Å². The molecule has 0 radical (unpaired) electrons. The summed E-state index contributed by atoms with van der Waals surface area (Å²) in [7, 11) is 0. The smallest absolute Gasteiger partial charge is 0.137 e. The van der Waals surface area contributed by atoms with Gasteiger partial charge in [0.05, 0.1) is 18.8 Å². The molecule has 1 aliphatic rings. The van der Waals surface area contributed by atoms with Crippen LogP contribution in [0.2, 0.25) is 0 Å². The van der Waals surface area contributed by atoms with Crippen molar-refractivity contribution in [3.8, 4) is 0 Å². The second-order valence-electron chi connectivity index (χ2n) is 8.00. The highest BCUT2D eigenvalue weighted by Gasteiger charge is 2.41. The minimum absolute atomic E-state index is 0.118. The summed E-state index contributed by atoms with van der Waals surface area (Å²) >= 11 is 0. The van der Waals surface area contributed by atoms with Crippen LogP contribution in [0.3, 0.4) is 0 Å². The number of unbranched alkanes of at least 4 members (excludes halogenated alkanes) is 1. The largest absolute Gasteiger partial charge is 0.492 e. The zero-order valence-electron chi connectivity index (χ0n) is 19.3. The van der Waals surface area contributed by atoms with Gasteiger partial charge in [0.25, 0.3) is 0 Å². The Kier molecular flexibility index (Phi) is 9.66. The van der Waals surface area contributed by atoms with Crippen molar-refractivity contribution in [1.82, 2.24) is 5.32 Å². The molecule has 0 bridgehead atoms. The van der Waals surface area contributed by atoms with Crippen LogP contribution in [0.5, 0.6) is 0 Å². The highest BCUT2D eigenvalue weighted by molar-refractivity contribution is 5.65. The molecule has 0 saturated heterocycles. The van der Waals surface area contributed by atoms with Crippen LogP contribution in [0.4, 0.5) is 0 Å². The molecule has 1 aromatic rings. The van der Waals surface area contributed by atoms with Gasteiger partial charge in [0.1, 0.15) is 5.76 Å². The zero-order valence-corrected chi connectivity index (χ0v) is 19.3. The van der Waals surface area contributed by atoms with E-state index in [-0.39, 0.29) is 6.04 Å². The number of hydrogen-bond donors (Lipinski definition) is 1. The van der Waals surface area contributed by atoms with Crippen molar-refractivity contribution in [2.24, 2.45) is 10.9 Å². The van der Waals surface area contributed by atoms with Crippen LogP contribution in [0.25, 0.3) is 6.08 Å². The second-order valence-corrected chi connectivity index (χ2v) is 8.00. The Bertz CT molecular complexity index is 816. The van der Waals surface area contributed by atoms with Crippen LogP contribution in [0.15, 0.2) is 65.7 Å². The third kappa shape index (κ3) is 7.05. The van der Waals surface area contributed by atoms with Gasteiger partial charge < -0.3 is 10.1 Å². The van der Waals surface area contributed by atoms with Gasteiger partial charge in [0.2, 0.25) is 0 Å². The monoisotopic (exact) mass is 406 g/mol. The first-order valence-electron chi connectivity index (χ1n) is 11.2. The van der Waals surface area contributed by atoms with Crippen LogP contribution in [-0.2, 0) is 4.74 Å². The van der Waals surface area contributed by atoms with Gasteiger partial charge in [-0.1, -0.05) is 56.4 Å². The van der Waals surface area contributed by atoms with Gasteiger partial charge in [0, 0.05) is 17.8 Å². The summed E-state index contributed by atoms with van der Waals surface area (Å²) < 4.78 is 5.75. The quantitative estimate of drug-likeness (QED) is 0.177. The van der Waals surface area contributed by atoms with E-state index in [4.69, 9.17) is 4.74 Å². The first-order chi connectivity index (χ1) is 14.5. The molecule has 1 fully saturated rings. The summed E-state index contributed by atoms with van der Waals surface area (Å²) in [6, 6.07) is 6.73. The zero-order chi connectivity index (χ0) is 21.9. The third-order valence-corrected chi connectivity index (χ3v) is 5.42. The predicted octanol–water partition coefficient (Wildman–Crippen LogP) is 6.93. The molecule has 2 rings (SSSR count). The molecule has 162 valence electrons. The molecule has 1 N–H and O–H groups in total. The molecule has 3 nitrogen and oxygen atoms in total. The van der Waals surface area contributed by atoms with Crippen LogP contribution in [0.1, 0.15) is 69.6 Å². The number of benzene rings is 1. The standard InChI is InChI=1S/C27H38N2O/c1-7-10-16-30-24(13-9-3)19-28-18-20(4)29-22(6)26-17-27(26)25-15-11-14-23(12-8-2)21(25)5/h8-9,11-15,18-20,26-27,29H,6-7,10,16-17H2,1-5H3/b12-8-,13-9-,24-19+,28-18?. The average Bonchev–Trinajstić information content (AvgIpc) is 3.51. The Morgan fingerprint density at radius 2 is 2.13 bits per heavy atom. The first kappa shape index (κ1) is 23.7. The fourth-order valence-electron chi connectivity index (χ4n) is 3.67. The van der Waals surface area contributed by atoms with Gasteiger partial charge in [-0.05, 0) is 69.2 Å². The van der Waals surface area contributed by atoms with Crippen molar-refractivity contribution >= 4 is 12.3 Å². The van der Waals surface area contributed by atoms with Crippen LogP contribution in [-0.4, -0.2) is 18.9 Å². The van der Waals surface area contributed by atoms with E-state index in [2.05, 4.69) is 74.9 Å². The molecule has 3 heteroatoms. The van der Waals surface area contributed by atoms with Gasteiger partial charge in [0.15, 0.2) is 0 Å². The molecule has 1 aromatic carbocycles. The van der Waals surface area contributed by atoms with Gasteiger partial charge >= 0.3 is 0 Å². The summed E-state index contributed by atoms with van der Waals surface area (Å²) in [5.41, 5.74) is 5.24. The molecule has 0 heterocycles. The summed E-state index contributed by atoms with van der Waals surface area (Å²) in [6.07, 6.45) is 15.2. The van der Waals surface area contributed by atoms with Crippen molar-refractivity contribution in [1.29, 1.82) is 0 Å². The maximum atomic E-state index is 5.75. The van der Waals surface area contributed by atoms with Gasteiger partial charge in [-0.2, -0.15) is 0 Å². The van der Waals surface area contributed by atoms with Crippen LogP contribution in [0, 0.1) is 12.8 Å². The van der Waals surface area contributed by atoms with Crippen molar-refractivity contribution in [2.45, 2.75) is 65.8 Å². The Morgan fingerprint density at radius 1 is 1.33 bits per heavy atom. The fourth-order valence-corrected chi connectivity index (χ4v) is 3.67. The summed E-state index contributed by atoms with van der Waals surface area (Å²) in [6.45, 7) is 15.6. The van der Waals surface area contributed by atoms with Crippen molar-refractivity contribution < 1.29 is 4.74 Å². The van der Waals surface area contributed by atoms with E-state index < -0.39 is 0 Å². The lowest BCUT2D eigenvalue weighted by Crippen LogP contribution is -2.27. The Hall–Kier alpha value is -2.55. The van der Waals surface area contributed by atoms with Crippen molar-refractivity contribution in [2.75, 3.05) is 6.61 Å². The van der Waals surface area contributed by atoms with Crippen LogP contribution < -0.4 is 5.32 Å². The molecule has 3 atom stereocenters. The number of ether oxygens (including phenoxy) is 1. The number of nitrogens with one attached hydrogen (secondary N) is 1. The van der Waals surface area contributed by atoms with E-state index in [0.29, 0.717) is 11.8 Å². The van der Waals surface area contributed by atoms with E-state index in [1.165, 1.54) is 16.7 Å². The van der Waals surface area contributed by atoms with E-state index >= 15 is 0 Å². The Morgan fingerprint density at radius 3 is 2.83 bits per heavy atom. The molecule has 3 unspecified atom stereocenters. The number of rotatable bonds is 12. The maximum Gasteiger partial charge on any atom is 0.137 e. The minimum Gasteiger partial charge on any atom is -0.492 e. The molecule has 30 heavy (non-hydrogen) atoms. The lowest BCUT2D eigenvalue weighted by molar-refractivity contribution is 0.218. The normalized spacial score (nSPS) is 20.2. The lowest BCUT2D eigenvalue weighted by atomic mass is 9.97. The Labute approximate surface area is 183 Å². The molecule has 0 spiro atoms. The fraction of sp³-hybridized carbons (Fsp3) is 0.444. The molecular formula is C27H38N2O. The highest BCUT2D eigenvalue weighted by Crippen LogP contribution is 2.51. The second kappa shape index (κ2) is 12.2. The highest BCUT2D eigenvalue weighted by atomic mass is 16.5. The maximum absolute atomic E-state index is 5.75. The Balaban J connectivity index is 1.90. The molecule has 1 saturated carbocycles. The van der Waals surface area contributed by atoms with Crippen molar-refractivity contribution in [3.63, 3.8) is 0 Å². The van der Waals surface area contributed by atoms with E-state index in [9.17, 15) is 0 Å². The minimum atomic E-state index is 0.118. The number of allylic oxidation sites excluding steroid dienone is 4. The van der Waals surface area contributed by atoms with Gasteiger partial charge in [-0.15, -0.1) is 0 Å². The first-order valence-corrected chi connectivity index (χ1v) is 11.2. The molecule has 0 aromatic heterocycles. The molecule has 0 aliphatic heterocycles. The van der Waals surface area contributed by atoms with Gasteiger partial charge in [-0.25, -0.2) is 0 Å². The van der Waals surface area contributed by atoms with E-state index in [0.717, 1.165) is 37.3 Å². The van der Waals surface area contributed by atoms with E-state index in [1.54, 1.807) is 6.20 Å². The average molecular weight is 407 g/mol. The lowest BCUT2D eigenvalue weighted by Gasteiger charge is -2.14. The van der Waals surface area contributed by atoms with E-state index in [1.807, 2.05) is 25.3 Å². The van der Waals surface area contributed by atoms with Crippen molar-refractivity contribution in [3.05, 3.63) is 77.4 Å². The summed E-state index contributed by atoms with van der Waals surface area (Å²) in [5.74, 6) is 1.85.